The molecule has 4 rings (SSSR count). The summed E-state index contributed by atoms with van der Waals surface area (Å²) in [5, 5.41) is -0.495. The van der Waals surface area contributed by atoms with Crippen molar-refractivity contribution in [1.82, 2.24) is 9.88 Å². The molecule has 4 heteroatoms. The topological polar surface area (TPSA) is 45.3 Å². The number of benzene rings is 1. The molecule has 1 N–H and O–H groups in total. The molecule has 0 spiro atoms. The molecule has 2 aromatic rings. The third kappa shape index (κ3) is 2.14. The molecule has 0 amide bonds. The van der Waals surface area contributed by atoms with Crippen molar-refractivity contribution in [2.24, 2.45) is 0 Å². The van der Waals surface area contributed by atoms with Gasteiger partial charge in [-0.15, -0.1) is 0 Å². The van der Waals surface area contributed by atoms with Gasteiger partial charge in [-0.25, -0.2) is 4.79 Å². The fourth-order valence-corrected chi connectivity index (χ4v) is 1.96. The van der Waals surface area contributed by atoms with Crippen molar-refractivity contribution in [2.75, 3.05) is 6.98 Å². The highest BCUT2D eigenvalue weighted by atomic mass is 16.5. The van der Waals surface area contributed by atoms with E-state index in [0.717, 1.165) is 6.20 Å². The van der Waals surface area contributed by atoms with Crippen molar-refractivity contribution in [3.63, 3.8) is 0 Å². The number of H-pyrrole nitrogens is 1. The Morgan fingerprint density at radius 1 is 1.48 bits per heavy atom. The Labute approximate surface area is 149 Å². The summed E-state index contributed by atoms with van der Waals surface area (Å²) in [7, 11) is 0. The van der Waals surface area contributed by atoms with Crippen LogP contribution < -0.4 is 0 Å². The first-order valence-electron chi connectivity index (χ1n) is 14.9. The largest absolute Gasteiger partial charge is 0.459 e. The normalized spacial score (nSPS) is 62.1. The van der Waals surface area contributed by atoms with Gasteiger partial charge >= 0.3 is 5.97 Å². The highest BCUT2D eigenvalue weighted by molar-refractivity contribution is 6.04. The Kier molecular flexibility index (Phi) is 0.913. The molecule has 21 heavy (non-hydrogen) atoms. The van der Waals surface area contributed by atoms with Crippen LogP contribution in [-0.4, -0.2) is 40.9 Å². The molecule has 2 aliphatic heterocycles. The molecule has 3 atom stereocenters. The van der Waals surface area contributed by atoms with E-state index in [4.69, 9.17) is 29.4 Å². The van der Waals surface area contributed by atoms with E-state index in [9.17, 15) is 4.79 Å². The first-order chi connectivity index (χ1) is 17.2. The minimum absolute atomic E-state index is 0.308. The Morgan fingerprint density at radius 2 is 2.24 bits per heavy atom. The second kappa shape index (κ2) is 4.88. The van der Waals surface area contributed by atoms with E-state index in [2.05, 4.69) is 4.98 Å². The van der Waals surface area contributed by atoms with Gasteiger partial charge in [-0.2, -0.15) is 0 Å². The smallest absolute Gasteiger partial charge is 0.340 e. The highest BCUT2D eigenvalue weighted by Gasteiger charge is 2.40. The van der Waals surface area contributed by atoms with Crippen LogP contribution in [0, 0.1) is 0 Å². The molecule has 0 radical (unpaired) electrons. The summed E-state index contributed by atoms with van der Waals surface area (Å²) < 4.78 is 153. The number of piperidine rings is 1. The number of para-hydroxylation sites is 1. The number of aromatic amines is 1. The van der Waals surface area contributed by atoms with Gasteiger partial charge < -0.3 is 14.6 Å². The van der Waals surface area contributed by atoms with Crippen LogP contribution >= 0.6 is 0 Å². The monoisotopic (exact) mass is 302 g/mol. The lowest BCUT2D eigenvalue weighted by atomic mass is 10.0. The molecule has 0 saturated carbocycles. The number of hydrogen-bond donors (Lipinski definition) is 1. The summed E-state index contributed by atoms with van der Waals surface area (Å²) >= 11 is 0. The van der Waals surface area contributed by atoms with Crippen LogP contribution in [0.1, 0.15) is 60.5 Å². The van der Waals surface area contributed by atoms with Gasteiger partial charge in [0, 0.05) is 59.7 Å². The van der Waals surface area contributed by atoms with Crippen LogP contribution in [0.4, 0.5) is 0 Å². The zero-order valence-corrected chi connectivity index (χ0v) is 10.3. The molecule has 2 fully saturated rings. The number of aromatic nitrogens is 1. The zero-order valence-electron chi connectivity index (χ0n) is 28.3. The summed E-state index contributed by atoms with van der Waals surface area (Å²) in [5.41, 5.74) is -1.05. The average molecular weight is 302 g/mol. The predicted octanol–water partition coefficient (Wildman–Crippen LogP) is 2.95. The van der Waals surface area contributed by atoms with Crippen molar-refractivity contribution in [1.29, 1.82) is 0 Å². The maximum atomic E-state index is 13.3. The molecule has 2 bridgehead atoms. The van der Waals surface area contributed by atoms with Crippen LogP contribution in [0.2, 0.25) is 0 Å². The number of carbonyl (C=O) groups is 1. The van der Waals surface area contributed by atoms with Gasteiger partial charge in [0.2, 0.25) is 0 Å². The number of rotatable bonds is 2. The minimum atomic E-state index is -4.18. The summed E-state index contributed by atoms with van der Waals surface area (Å²) in [6.45, 7) is -3.84. The van der Waals surface area contributed by atoms with Crippen molar-refractivity contribution in [3.05, 3.63) is 35.9 Å². The lowest BCUT2D eigenvalue weighted by Gasteiger charge is -2.35. The second-order valence-electron chi connectivity index (χ2n) is 4.20. The van der Waals surface area contributed by atoms with E-state index in [1.165, 1.54) is 0 Å². The van der Waals surface area contributed by atoms with E-state index in [0.29, 0.717) is 0 Å². The van der Waals surface area contributed by atoms with Gasteiger partial charge in [-0.1, -0.05) is 18.1 Å². The lowest BCUT2D eigenvalue weighted by Crippen LogP contribution is -2.43. The Bertz CT molecular complexity index is 1370. The molecule has 110 valence electrons. The SMILES string of the molecule is [2H]c1c([2H])c([2H])c2c(C(=O)OC3([2H])C([2H])([2H])[C@]4([2H])N(C([2H])([2H])[2H])[C@]([2H])(C3([2H])[2H])C([2H])([2H])C4([2H])[2H])c[nH]c2c1[2H]. The Hall–Kier alpha value is -1.81. The van der Waals surface area contributed by atoms with Crippen LogP contribution in [0.5, 0.6) is 0 Å². The quantitative estimate of drug-likeness (QED) is 0.868. The third-order valence-electron chi connectivity index (χ3n) is 2.94. The van der Waals surface area contributed by atoms with Gasteiger partial charge in [-0.05, 0) is 25.8 Å². The Balaban J connectivity index is 2.00. The van der Waals surface area contributed by atoms with E-state index in [-0.39, 0.29) is 5.52 Å². The molecule has 0 aliphatic carbocycles. The zero-order chi connectivity index (χ0) is 30.3. The van der Waals surface area contributed by atoms with Crippen LogP contribution in [-0.2, 0) is 4.74 Å². The number of esters is 1. The highest BCUT2D eigenvalue weighted by Crippen LogP contribution is 2.35. The predicted molar refractivity (Wildman–Crippen MR) is 81.3 cm³/mol. The van der Waals surface area contributed by atoms with Crippen molar-refractivity contribution in [3.8, 4) is 0 Å². The molecule has 3 heterocycles. The fourth-order valence-electron chi connectivity index (χ4n) is 1.96. The van der Waals surface area contributed by atoms with E-state index < -0.39 is 96.6 Å². The number of ether oxygens (including phenoxy) is 1. The van der Waals surface area contributed by atoms with E-state index in [1.54, 1.807) is 0 Å². The molecule has 4 nitrogen and oxygen atoms in total. The summed E-state index contributed by atoms with van der Waals surface area (Å²) in [5.74, 6) is -1.80. The third-order valence-corrected chi connectivity index (χ3v) is 2.94. The standard InChI is InChI=1S/C17H20N2O2/c1-19-11-6-7-12(19)9-13(8-11)21-17(20)15-10-18-16-5-3-2-4-14(15)16/h2-5,10-13,18H,6-9H2,1H3/t11-,12+,13?/i1D3,2D,3D,4D,5D,6D2,7D2,8D2,9D2,11D,12D,13D. The van der Waals surface area contributed by atoms with Crippen molar-refractivity contribution < 1.29 is 34.2 Å². The van der Waals surface area contributed by atoms with E-state index >= 15 is 0 Å². The lowest BCUT2D eigenvalue weighted by molar-refractivity contribution is -0.000258. The molecule has 1 aromatic carbocycles. The van der Waals surface area contributed by atoms with Gasteiger partial charge in [0.25, 0.3) is 0 Å². The fraction of sp³-hybridized carbons (Fsp3) is 0.471. The summed E-state index contributed by atoms with van der Waals surface area (Å²) in [6, 6.07) is -10.9. The molecule has 2 saturated heterocycles. The number of nitrogens with one attached hydrogen (secondary N) is 1. The Morgan fingerprint density at radius 3 is 3.00 bits per heavy atom. The first-order valence-corrected chi connectivity index (χ1v) is 5.86. The van der Waals surface area contributed by atoms with E-state index in [1.807, 2.05) is 0 Å². The molecule has 1 aromatic heterocycles. The summed E-state index contributed by atoms with van der Waals surface area (Å²) in [6.07, 6.45) is -19.7. The van der Waals surface area contributed by atoms with Gasteiger partial charge in [0.15, 0.2) is 0 Å². The van der Waals surface area contributed by atoms with Gasteiger partial charge in [0.1, 0.15) is 6.08 Å². The number of fused-ring (bicyclic) bond motifs is 3. The number of nitrogens with zero attached hydrogens (tertiary/aromatic N) is 1. The first kappa shape index (κ1) is 3.93. The van der Waals surface area contributed by atoms with Crippen LogP contribution in [0.15, 0.2) is 30.4 Å². The van der Waals surface area contributed by atoms with Crippen LogP contribution in [0.3, 0.4) is 0 Å². The maximum absolute atomic E-state index is 13.3. The van der Waals surface area contributed by atoms with Crippen LogP contribution in [0.25, 0.3) is 10.9 Å². The molecule has 1 unspecified atom stereocenters. The number of carbonyl (C=O) groups excluding carboxylic acids is 1. The van der Waals surface area contributed by atoms with Gasteiger partial charge in [-0.3, -0.25) is 0 Å². The van der Waals surface area contributed by atoms with Gasteiger partial charge in [0.05, 0.1) is 12.4 Å². The number of hydrogen-bond acceptors (Lipinski definition) is 3. The molecular formula is C17H20N2O2. The molecular weight excluding hydrogens is 264 g/mol. The minimum Gasteiger partial charge on any atom is -0.459 e. The van der Waals surface area contributed by atoms with Crippen molar-refractivity contribution in [2.45, 2.75) is 43.6 Å². The molecule has 2 aliphatic rings. The summed E-state index contributed by atoms with van der Waals surface area (Å²) in [4.78, 5) is 15.1. The maximum Gasteiger partial charge on any atom is 0.340 e. The average Bonchev–Trinajstić information content (AvgIpc) is 3.27. The second-order valence-corrected chi connectivity index (χ2v) is 4.20. The van der Waals surface area contributed by atoms with Crippen molar-refractivity contribution >= 4 is 16.9 Å².